The van der Waals surface area contributed by atoms with Crippen molar-refractivity contribution in [2.24, 2.45) is 0 Å². The van der Waals surface area contributed by atoms with Crippen molar-refractivity contribution in [3.8, 4) is 0 Å². The lowest BCUT2D eigenvalue weighted by Gasteiger charge is -2.20. The molecule has 1 amide bonds. The van der Waals surface area contributed by atoms with Gasteiger partial charge in [0.15, 0.2) is 0 Å². The second kappa shape index (κ2) is 62.4. The molecule has 0 radical (unpaired) electrons. The number of hydrogen-bond donors (Lipinski definition) is 3. The van der Waals surface area contributed by atoms with Crippen molar-refractivity contribution in [1.82, 2.24) is 5.32 Å². The monoisotopic (exact) mass is 1020 g/mol. The molecule has 0 saturated heterocycles. The first kappa shape index (κ1) is 70.8. The van der Waals surface area contributed by atoms with Crippen LogP contribution < -0.4 is 5.32 Å². The van der Waals surface area contributed by atoms with E-state index in [0.29, 0.717) is 19.4 Å². The Bertz CT molecular complexity index is 1230. The third kappa shape index (κ3) is 58.9. The fraction of sp³-hybridized carbons (Fsp3) is 0.851. The van der Waals surface area contributed by atoms with Crippen molar-refractivity contribution in [3.63, 3.8) is 0 Å². The van der Waals surface area contributed by atoms with Gasteiger partial charge in [0.2, 0.25) is 5.91 Å². The van der Waals surface area contributed by atoms with Gasteiger partial charge in [0, 0.05) is 12.8 Å². The van der Waals surface area contributed by atoms with Crippen molar-refractivity contribution < 1.29 is 24.5 Å². The van der Waals surface area contributed by atoms with Crippen LogP contribution in [0.2, 0.25) is 0 Å². The molecular formula is C67H125NO5. The molecule has 0 aliphatic heterocycles. The highest BCUT2D eigenvalue weighted by atomic mass is 16.5. The van der Waals surface area contributed by atoms with Crippen LogP contribution in [0.4, 0.5) is 0 Å². The number of rotatable bonds is 60. The number of carbonyl (C=O) groups is 2. The van der Waals surface area contributed by atoms with E-state index in [9.17, 15) is 19.8 Å². The topological polar surface area (TPSA) is 95.9 Å². The maximum absolute atomic E-state index is 12.5. The molecule has 0 fully saturated rings. The number of ether oxygens (including phenoxy) is 1. The first-order chi connectivity index (χ1) is 36.0. The van der Waals surface area contributed by atoms with Gasteiger partial charge in [0.25, 0.3) is 0 Å². The molecule has 0 aliphatic rings. The van der Waals surface area contributed by atoms with Gasteiger partial charge in [-0.15, -0.1) is 0 Å². The molecule has 0 bridgehead atoms. The van der Waals surface area contributed by atoms with Crippen LogP contribution >= 0.6 is 0 Å². The maximum atomic E-state index is 12.5. The quantitative estimate of drug-likeness (QED) is 0.0320. The first-order valence-electron chi connectivity index (χ1n) is 32.4. The molecule has 6 heteroatoms. The molecule has 428 valence electrons. The SMILES string of the molecule is CCCCCC/C=C\C/C=C\CCCCCCCC(=O)OCCCCCCCCCCCCCC/C=C\CCCCCCCCCC(=O)NC(CO)C(O)/C=C/CCCCCCCCCCCCCCCCC. The number of amides is 1. The summed E-state index contributed by atoms with van der Waals surface area (Å²) in [6.45, 7) is 4.89. The zero-order chi connectivity index (χ0) is 52.9. The average Bonchev–Trinajstić information content (AvgIpc) is 3.39. The van der Waals surface area contributed by atoms with Crippen LogP contribution in [0.5, 0.6) is 0 Å². The Hall–Kier alpha value is -2.18. The first-order valence-corrected chi connectivity index (χ1v) is 32.4. The van der Waals surface area contributed by atoms with E-state index in [4.69, 9.17) is 4.74 Å². The second-order valence-corrected chi connectivity index (χ2v) is 22.1. The van der Waals surface area contributed by atoms with Crippen LogP contribution in [0, 0.1) is 0 Å². The second-order valence-electron chi connectivity index (χ2n) is 22.1. The van der Waals surface area contributed by atoms with E-state index in [0.717, 1.165) is 57.8 Å². The van der Waals surface area contributed by atoms with Gasteiger partial charge in [-0.1, -0.05) is 287 Å². The predicted molar refractivity (Wildman–Crippen MR) is 319 cm³/mol. The standard InChI is InChI=1S/C67H125NO5/c1-3-5-7-9-11-13-15-17-19-28-31-35-39-43-47-51-55-59-65(70)64(63-69)68-66(71)60-56-52-48-44-40-36-32-29-26-24-22-21-23-25-27-30-34-38-42-46-50-54-58-62-73-67(72)61-57-53-49-45-41-37-33-20-18-16-14-12-10-8-6-4-2/h14,16,20,24,26,33,55,59,64-65,69-70H,3-13,15,17-19,21-23,25,27-32,34-54,56-58,60-63H2,1-2H3,(H,68,71)/b16-14-,26-24-,33-20-,59-55+. The van der Waals surface area contributed by atoms with Gasteiger partial charge in [0.05, 0.1) is 25.4 Å². The Morgan fingerprint density at radius 3 is 1.07 bits per heavy atom. The van der Waals surface area contributed by atoms with E-state index in [1.807, 2.05) is 6.08 Å². The van der Waals surface area contributed by atoms with Gasteiger partial charge >= 0.3 is 5.97 Å². The minimum Gasteiger partial charge on any atom is -0.466 e. The van der Waals surface area contributed by atoms with E-state index < -0.39 is 12.1 Å². The summed E-state index contributed by atoms with van der Waals surface area (Å²) >= 11 is 0. The smallest absolute Gasteiger partial charge is 0.305 e. The van der Waals surface area contributed by atoms with Gasteiger partial charge in [-0.3, -0.25) is 9.59 Å². The number of aliphatic hydroxyl groups excluding tert-OH is 2. The third-order valence-electron chi connectivity index (χ3n) is 14.8. The van der Waals surface area contributed by atoms with E-state index in [1.165, 1.54) is 257 Å². The third-order valence-corrected chi connectivity index (χ3v) is 14.8. The van der Waals surface area contributed by atoms with Crippen molar-refractivity contribution >= 4 is 11.9 Å². The zero-order valence-electron chi connectivity index (χ0n) is 48.9. The summed E-state index contributed by atoms with van der Waals surface area (Å²) in [5.74, 6) is -0.0757. The Kier molecular flexibility index (Phi) is 60.5. The largest absolute Gasteiger partial charge is 0.466 e. The van der Waals surface area contributed by atoms with Crippen LogP contribution in [0.3, 0.4) is 0 Å². The summed E-state index contributed by atoms with van der Waals surface area (Å²) in [6.07, 6.45) is 80.1. The molecule has 73 heavy (non-hydrogen) atoms. The van der Waals surface area contributed by atoms with Crippen LogP contribution in [0.15, 0.2) is 48.6 Å². The summed E-state index contributed by atoms with van der Waals surface area (Å²) < 4.78 is 5.48. The lowest BCUT2D eigenvalue weighted by molar-refractivity contribution is -0.143. The summed E-state index contributed by atoms with van der Waals surface area (Å²) in [5, 5.41) is 23.2. The van der Waals surface area contributed by atoms with Crippen molar-refractivity contribution in [1.29, 1.82) is 0 Å². The highest BCUT2D eigenvalue weighted by Gasteiger charge is 2.18. The van der Waals surface area contributed by atoms with Gasteiger partial charge in [-0.25, -0.2) is 0 Å². The number of unbranched alkanes of at least 4 members (excludes halogenated alkanes) is 43. The molecule has 2 atom stereocenters. The lowest BCUT2D eigenvalue weighted by atomic mass is 10.0. The van der Waals surface area contributed by atoms with Crippen molar-refractivity contribution in [2.45, 2.75) is 353 Å². The minimum absolute atomic E-state index is 0.00262. The number of nitrogens with one attached hydrogen (secondary N) is 1. The summed E-state index contributed by atoms with van der Waals surface area (Å²) in [5.41, 5.74) is 0. The number of aliphatic hydroxyl groups is 2. The average molecular weight is 1020 g/mol. The van der Waals surface area contributed by atoms with E-state index in [2.05, 4.69) is 55.6 Å². The zero-order valence-corrected chi connectivity index (χ0v) is 48.9. The fourth-order valence-electron chi connectivity index (χ4n) is 9.84. The van der Waals surface area contributed by atoms with Crippen molar-refractivity contribution in [2.75, 3.05) is 13.2 Å². The number of carbonyl (C=O) groups excluding carboxylic acids is 2. The Balaban J connectivity index is 3.44. The van der Waals surface area contributed by atoms with Crippen molar-refractivity contribution in [3.05, 3.63) is 48.6 Å². The fourth-order valence-corrected chi connectivity index (χ4v) is 9.84. The Morgan fingerprint density at radius 1 is 0.384 bits per heavy atom. The molecule has 6 nitrogen and oxygen atoms in total. The Labute approximate surface area is 455 Å². The maximum Gasteiger partial charge on any atom is 0.305 e. The number of hydrogen-bond acceptors (Lipinski definition) is 5. The Morgan fingerprint density at radius 2 is 0.685 bits per heavy atom. The van der Waals surface area contributed by atoms with Gasteiger partial charge < -0.3 is 20.3 Å². The molecule has 0 aromatic rings. The molecule has 3 N–H and O–H groups in total. The molecule has 0 rings (SSSR count). The van der Waals surface area contributed by atoms with Gasteiger partial charge in [-0.05, 0) is 89.9 Å². The molecule has 0 spiro atoms. The number of esters is 1. The summed E-state index contributed by atoms with van der Waals surface area (Å²) in [6, 6.07) is -0.634. The number of allylic oxidation sites excluding steroid dienone is 7. The predicted octanol–water partition coefficient (Wildman–Crippen LogP) is 20.5. The van der Waals surface area contributed by atoms with E-state index in [-0.39, 0.29) is 18.5 Å². The van der Waals surface area contributed by atoms with Gasteiger partial charge in [0.1, 0.15) is 0 Å². The van der Waals surface area contributed by atoms with E-state index >= 15 is 0 Å². The molecule has 0 saturated carbocycles. The van der Waals surface area contributed by atoms with Crippen LogP contribution in [-0.4, -0.2) is 47.4 Å². The summed E-state index contributed by atoms with van der Waals surface area (Å²) in [7, 11) is 0. The highest BCUT2D eigenvalue weighted by molar-refractivity contribution is 5.76. The molecule has 0 aliphatic carbocycles. The molecule has 0 aromatic carbocycles. The molecule has 0 heterocycles. The van der Waals surface area contributed by atoms with Crippen LogP contribution in [0.25, 0.3) is 0 Å². The summed E-state index contributed by atoms with van der Waals surface area (Å²) in [4.78, 5) is 24.5. The molecule has 0 aromatic heterocycles. The van der Waals surface area contributed by atoms with E-state index in [1.54, 1.807) is 6.08 Å². The highest BCUT2D eigenvalue weighted by Crippen LogP contribution is 2.17. The van der Waals surface area contributed by atoms with Gasteiger partial charge in [-0.2, -0.15) is 0 Å². The molecular weight excluding hydrogens is 899 g/mol. The molecule has 2 unspecified atom stereocenters. The lowest BCUT2D eigenvalue weighted by Crippen LogP contribution is -2.45. The van der Waals surface area contributed by atoms with Crippen LogP contribution in [0.1, 0.15) is 341 Å². The van der Waals surface area contributed by atoms with Crippen LogP contribution in [-0.2, 0) is 14.3 Å². The minimum atomic E-state index is -0.849. The normalized spacial score (nSPS) is 12.9.